The van der Waals surface area contributed by atoms with Crippen LogP contribution in [0.4, 0.5) is 11.5 Å². The molecule has 6 nitrogen and oxygen atoms in total. The molecule has 0 atom stereocenters. The molecule has 0 saturated heterocycles. The lowest BCUT2D eigenvalue weighted by molar-refractivity contribution is 0.0463. The van der Waals surface area contributed by atoms with E-state index >= 15 is 0 Å². The van der Waals surface area contributed by atoms with Crippen molar-refractivity contribution >= 4 is 17.5 Å². The molecule has 1 aliphatic rings. The Kier molecular flexibility index (Phi) is 3.38. The van der Waals surface area contributed by atoms with Crippen LogP contribution in [0.15, 0.2) is 12.3 Å². The molecule has 4 N–H and O–H groups in total. The first-order valence-corrected chi connectivity index (χ1v) is 5.85. The fourth-order valence-corrected chi connectivity index (χ4v) is 2.28. The van der Waals surface area contributed by atoms with Gasteiger partial charge < -0.3 is 20.8 Å². The Bertz CT molecular complexity index is 458. The molecule has 2 rings (SSSR count). The summed E-state index contributed by atoms with van der Waals surface area (Å²) >= 11 is 0. The highest BCUT2D eigenvalue weighted by Gasteiger charge is 2.28. The minimum atomic E-state index is -1.01. The molecule has 0 spiro atoms. The normalized spacial score (nSPS) is 22.3. The topological polar surface area (TPSA) is 99.7 Å². The molecule has 18 heavy (non-hydrogen) atoms. The lowest BCUT2D eigenvalue weighted by Crippen LogP contribution is -2.37. The summed E-state index contributed by atoms with van der Waals surface area (Å²) in [5.41, 5.74) is 6.21. The number of nitrogen functional groups attached to an aromatic ring is 1. The molecule has 1 aliphatic carbocycles. The van der Waals surface area contributed by atoms with Gasteiger partial charge in [-0.15, -0.1) is 0 Å². The predicted molar refractivity (Wildman–Crippen MR) is 67.6 cm³/mol. The molecule has 1 heterocycles. The van der Waals surface area contributed by atoms with Gasteiger partial charge in [0.15, 0.2) is 0 Å². The van der Waals surface area contributed by atoms with Crippen molar-refractivity contribution in [1.29, 1.82) is 0 Å². The van der Waals surface area contributed by atoms with E-state index < -0.39 is 5.97 Å². The molecule has 1 fully saturated rings. The van der Waals surface area contributed by atoms with Crippen molar-refractivity contribution in [3.05, 3.63) is 17.8 Å². The molecule has 98 valence electrons. The summed E-state index contributed by atoms with van der Waals surface area (Å²) in [4.78, 5) is 16.9. The van der Waals surface area contributed by atoms with Crippen LogP contribution in [0, 0.1) is 5.92 Å². The van der Waals surface area contributed by atoms with Crippen LogP contribution in [0.5, 0.6) is 0 Å². The van der Waals surface area contributed by atoms with Crippen molar-refractivity contribution in [1.82, 2.24) is 4.98 Å². The van der Waals surface area contributed by atoms with E-state index in [4.69, 9.17) is 10.8 Å². The third-order valence-corrected chi connectivity index (χ3v) is 3.29. The zero-order valence-corrected chi connectivity index (χ0v) is 10.2. The predicted octanol–water partition coefficient (Wildman–Crippen LogP) is 0.569. The van der Waals surface area contributed by atoms with Gasteiger partial charge in [-0.25, -0.2) is 9.78 Å². The first kappa shape index (κ1) is 12.6. The maximum absolute atomic E-state index is 11.1. The van der Waals surface area contributed by atoms with E-state index in [1.54, 1.807) is 0 Å². The summed E-state index contributed by atoms with van der Waals surface area (Å²) in [7, 11) is 1.82. The maximum Gasteiger partial charge on any atom is 0.338 e. The van der Waals surface area contributed by atoms with E-state index in [1.807, 2.05) is 11.9 Å². The Morgan fingerprint density at radius 3 is 2.83 bits per heavy atom. The van der Waals surface area contributed by atoms with E-state index in [1.165, 1.54) is 12.3 Å². The lowest BCUT2D eigenvalue weighted by Gasteiger charge is -2.35. The zero-order chi connectivity index (χ0) is 13.3. The second-order valence-electron chi connectivity index (χ2n) is 4.80. The molecule has 1 saturated carbocycles. The Hall–Kier alpha value is -1.82. The minimum Gasteiger partial charge on any atom is -0.478 e. The van der Waals surface area contributed by atoms with Crippen molar-refractivity contribution in [3.63, 3.8) is 0 Å². The largest absolute Gasteiger partial charge is 0.478 e. The van der Waals surface area contributed by atoms with Crippen molar-refractivity contribution < 1.29 is 15.0 Å². The smallest absolute Gasteiger partial charge is 0.338 e. The van der Waals surface area contributed by atoms with Crippen LogP contribution in [0.25, 0.3) is 0 Å². The third kappa shape index (κ3) is 2.53. The highest BCUT2D eigenvalue weighted by Crippen LogP contribution is 2.30. The highest BCUT2D eigenvalue weighted by atomic mass is 16.4. The number of nitrogens with two attached hydrogens (primary N) is 1. The second kappa shape index (κ2) is 4.81. The van der Waals surface area contributed by atoms with Gasteiger partial charge >= 0.3 is 5.97 Å². The van der Waals surface area contributed by atoms with E-state index in [-0.39, 0.29) is 17.5 Å². The minimum absolute atomic E-state index is 0.157. The SMILES string of the molecule is CN(CC1CC(O)C1)c1cnc(N)cc1C(=O)O. The molecule has 1 aromatic rings. The number of aliphatic hydroxyl groups is 1. The second-order valence-corrected chi connectivity index (χ2v) is 4.80. The standard InChI is InChI=1S/C12H17N3O3/c1-15(6-7-2-8(16)3-7)10-5-14-11(13)4-9(10)12(17)18/h4-5,7-8,16H,2-3,6H2,1H3,(H2,13,14)(H,17,18). The lowest BCUT2D eigenvalue weighted by atomic mass is 9.82. The molecule has 0 radical (unpaired) electrons. The Morgan fingerprint density at radius 2 is 2.28 bits per heavy atom. The first-order chi connectivity index (χ1) is 8.47. The summed E-state index contributed by atoms with van der Waals surface area (Å²) in [6.07, 6.45) is 2.82. The van der Waals surface area contributed by atoms with Crippen LogP contribution in [0.1, 0.15) is 23.2 Å². The molecular weight excluding hydrogens is 234 g/mol. The summed E-state index contributed by atoms with van der Waals surface area (Å²) in [5, 5.41) is 18.4. The fraction of sp³-hybridized carbons (Fsp3) is 0.500. The van der Waals surface area contributed by atoms with Crippen molar-refractivity contribution in [2.24, 2.45) is 5.92 Å². The van der Waals surface area contributed by atoms with E-state index in [9.17, 15) is 9.90 Å². The van der Waals surface area contributed by atoms with Gasteiger partial charge in [-0.1, -0.05) is 0 Å². The Balaban J connectivity index is 2.13. The number of pyridine rings is 1. The molecule has 6 heteroatoms. The number of rotatable bonds is 4. The Morgan fingerprint density at radius 1 is 1.61 bits per heavy atom. The van der Waals surface area contributed by atoms with Gasteiger partial charge in [-0.2, -0.15) is 0 Å². The number of anilines is 2. The van der Waals surface area contributed by atoms with Gasteiger partial charge in [-0.05, 0) is 24.8 Å². The van der Waals surface area contributed by atoms with Crippen LogP contribution >= 0.6 is 0 Å². The van der Waals surface area contributed by atoms with Gasteiger partial charge in [0.1, 0.15) is 5.82 Å². The zero-order valence-electron chi connectivity index (χ0n) is 10.2. The number of carboxylic acids is 1. The third-order valence-electron chi connectivity index (χ3n) is 3.29. The average molecular weight is 251 g/mol. The quantitative estimate of drug-likeness (QED) is 0.723. The fourth-order valence-electron chi connectivity index (χ4n) is 2.28. The van der Waals surface area contributed by atoms with Gasteiger partial charge in [0, 0.05) is 13.6 Å². The molecule has 0 unspecified atom stereocenters. The number of carbonyl (C=O) groups is 1. The van der Waals surface area contributed by atoms with Gasteiger partial charge in [0.2, 0.25) is 0 Å². The van der Waals surface area contributed by atoms with Gasteiger partial charge in [-0.3, -0.25) is 0 Å². The Labute approximate surface area is 105 Å². The van der Waals surface area contributed by atoms with Crippen molar-refractivity contribution in [2.45, 2.75) is 18.9 Å². The number of aromatic nitrogens is 1. The van der Waals surface area contributed by atoms with E-state index in [2.05, 4.69) is 4.98 Å². The van der Waals surface area contributed by atoms with Crippen LogP contribution < -0.4 is 10.6 Å². The number of hydrogen-bond donors (Lipinski definition) is 3. The van der Waals surface area contributed by atoms with Crippen LogP contribution in [-0.4, -0.2) is 40.9 Å². The highest BCUT2D eigenvalue weighted by molar-refractivity contribution is 5.95. The molecule has 0 bridgehead atoms. The first-order valence-electron chi connectivity index (χ1n) is 5.85. The molecule has 0 amide bonds. The number of aromatic carboxylic acids is 1. The summed E-state index contributed by atoms with van der Waals surface area (Å²) in [5.74, 6) is -0.410. The summed E-state index contributed by atoms with van der Waals surface area (Å²) in [6, 6.07) is 1.36. The molecular formula is C12H17N3O3. The summed E-state index contributed by atoms with van der Waals surface area (Å²) in [6.45, 7) is 0.711. The van der Waals surface area contributed by atoms with E-state index in [0.717, 1.165) is 12.8 Å². The molecule has 1 aromatic heterocycles. The molecule has 0 aliphatic heterocycles. The number of aliphatic hydroxyl groups excluding tert-OH is 1. The van der Waals surface area contributed by atoms with Crippen LogP contribution in [0.2, 0.25) is 0 Å². The summed E-state index contributed by atoms with van der Waals surface area (Å²) < 4.78 is 0. The molecule has 0 aromatic carbocycles. The number of hydrogen-bond acceptors (Lipinski definition) is 5. The van der Waals surface area contributed by atoms with Gasteiger partial charge in [0.25, 0.3) is 0 Å². The number of nitrogens with zero attached hydrogens (tertiary/aromatic N) is 2. The van der Waals surface area contributed by atoms with Gasteiger partial charge in [0.05, 0.1) is 23.6 Å². The number of carboxylic acid groups (broad SMARTS) is 1. The maximum atomic E-state index is 11.1. The van der Waals surface area contributed by atoms with E-state index in [0.29, 0.717) is 18.2 Å². The average Bonchev–Trinajstić information content (AvgIpc) is 2.26. The monoisotopic (exact) mass is 251 g/mol. The van der Waals surface area contributed by atoms with Crippen molar-refractivity contribution in [2.75, 3.05) is 24.2 Å². The van der Waals surface area contributed by atoms with Crippen LogP contribution in [-0.2, 0) is 0 Å². The van der Waals surface area contributed by atoms with Crippen LogP contribution in [0.3, 0.4) is 0 Å². The van der Waals surface area contributed by atoms with Crippen molar-refractivity contribution in [3.8, 4) is 0 Å².